The lowest BCUT2D eigenvalue weighted by atomic mass is 10.1. The number of aromatic nitrogens is 3. The summed E-state index contributed by atoms with van der Waals surface area (Å²) >= 11 is 6.03. The third-order valence-corrected chi connectivity index (χ3v) is 5.38. The Morgan fingerprint density at radius 3 is 3.03 bits per heavy atom. The van der Waals surface area contributed by atoms with E-state index in [1.807, 2.05) is 13.0 Å². The van der Waals surface area contributed by atoms with Crippen LogP contribution in [0.1, 0.15) is 33.9 Å². The molecule has 0 bridgehead atoms. The third kappa shape index (κ3) is 5.04. The molecule has 2 aromatic heterocycles. The van der Waals surface area contributed by atoms with Gasteiger partial charge in [0.1, 0.15) is 5.82 Å². The number of hydrogen-bond donors (Lipinski definition) is 3. The van der Waals surface area contributed by atoms with Gasteiger partial charge in [-0.1, -0.05) is 23.7 Å². The van der Waals surface area contributed by atoms with E-state index in [0.29, 0.717) is 29.0 Å². The second-order valence-corrected chi connectivity index (χ2v) is 7.91. The van der Waals surface area contributed by atoms with Gasteiger partial charge in [0.25, 0.3) is 5.91 Å². The molecular weight excluding hydrogens is 418 g/mol. The highest BCUT2D eigenvalue weighted by atomic mass is 35.5. The molecule has 4 rings (SSSR count). The Balaban J connectivity index is 1.50. The van der Waals surface area contributed by atoms with E-state index in [0.717, 1.165) is 24.2 Å². The van der Waals surface area contributed by atoms with Crippen LogP contribution in [0.15, 0.2) is 48.9 Å². The normalized spacial score (nSPS) is 16.8. The zero-order valence-corrected chi connectivity index (χ0v) is 17.8. The van der Waals surface area contributed by atoms with Crippen molar-refractivity contribution in [2.75, 3.05) is 25.1 Å². The smallest absolute Gasteiger partial charge is 0.253 e. The van der Waals surface area contributed by atoms with Gasteiger partial charge in [0, 0.05) is 35.8 Å². The van der Waals surface area contributed by atoms with E-state index >= 15 is 0 Å². The number of ether oxygens (including phenoxy) is 1. The summed E-state index contributed by atoms with van der Waals surface area (Å²) in [5.74, 6) is 0.909. The molecule has 1 aromatic carbocycles. The van der Waals surface area contributed by atoms with Crippen LogP contribution in [-0.2, 0) is 4.74 Å². The van der Waals surface area contributed by atoms with Crippen LogP contribution in [0.4, 0.5) is 5.95 Å². The van der Waals surface area contributed by atoms with E-state index < -0.39 is 6.04 Å². The number of carbonyl (C=O) groups excluding carboxylic acids is 1. The number of halogens is 1. The predicted molar refractivity (Wildman–Crippen MR) is 118 cm³/mol. The largest absolute Gasteiger partial charge is 0.394 e. The van der Waals surface area contributed by atoms with Gasteiger partial charge < -0.3 is 25.0 Å². The minimum absolute atomic E-state index is 0.198. The van der Waals surface area contributed by atoms with Gasteiger partial charge in [-0.15, -0.1) is 0 Å². The number of aliphatic hydroxyl groups is 1. The van der Waals surface area contributed by atoms with Gasteiger partial charge in [-0.25, -0.2) is 4.98 Å². The van der Waals surface area contributed by atoms with Crippen molar-refractivity contribution in [3.8, 4) is 5.82 Å². The molecule has 162 valence electrons. The fourth-order valence-electron chi connectivity index (χ4n) is 3.46. The number of rotatable bonds is 7. The molecule has 2 atom stereocenters. The highest BCUT2D eigenvalue weighted by Crippen LogP contribution is 2.20. The van der Waals surface area contributed by atoms with E-state index in [2.05, 4.69) is 20.6 Å². The van der Waals surface area contributed by atoms with Crippen molar-refractivity contribution in [1.82, 2.24) is 19.9 Å². The molecule has 1 aliphatic heterocycles. The van der Waals surface area contributed by atoms with Crippen LogP contribution in [0.25, 0.3) is 5.82 Å². The molecule has 1 unspecified atom stereocenters. The number of amides is 1. The number of nitrogens with zero attached hydrogens (tertiary/aromatic N) is 3. The fraction of sp³-hybridized carbons (Fsp3) is 0.318. The maximum Gasteiger partial charge on any atom is 0.253 e. The summed E-state index contributed by atoms with van der Waals surface area (Å²) in [5.41, 5.74) is 2.07. The summed E-state index contributed by atoms with van der Waals surface area (Å²) in [6, 6.07) is 8.41. The molecule has 1 amide bonds. The number of benzene rings is 1. The molecule has 0 spiro atoms. The second kappa shape index (κ2) is 9.47. The number of nitrogens with one attached hydrogen (secondary N) is 2. The summed E-state index contributed by atoms with van der Waals surface area (Å²) in [4.78, 5) is 21.7. The van der Waals surface area contributed by atoms with E-state index in [9.17, 15) is 9.90 Å². The lowest BCUT2D eigenvalue weighted by molar-refractivity contribution is 0.0916. The van der Waals surface area contributed by atoms with Gasteiger partial charge in [0.2, 0.25) is 5.95 Å². The van der Waals surface area contributed by atoms with Gasteiger partial charge in [0.05, 0.1) is 30.9 Å². The van der Waals surface area contributed by atoms with Crippen molar-refractivity contribution in [1.29, 1.82) is 0 Å². The van der Waals surface area contributed by atoms with Gasteiger partial charge in [0.15, 0.2) is 0 Å². The zero-order chi connectivity index (χ0) is 21.8. The Morgan fingerprint density at radius 1 is 1.42 bits per heavy atom. The van der Waals surface area contributed by atoms with Gasteiger partial charge >= 0.3 is 0 Å². The summed E-state index contributed by atoms with van der Waals surface area (Å²) < 4.78 is 7.17. The number of anilines is 1. The monoisotopic (exact) mass is 441 g/mol. The van der Waals surface area contributed by atoms with Crippen molar-refractivity contribution in [3.63, 3.8) is 0 Å². The Morgan fingerprint density at radius 2 is 2.29 bits per heavy atom. The van der Waals surface area contributed by atoms with Crippen LogP contribution < -0.4 is 10.6 Å². The second-order valence-electron chi connectivity index (χ2n) is 7.48. The van der Waals surface area contributed by atoms with Crippen LogP contribution in [0.2, 0.25) is 5.02 Å². The van der Waals surface area contributed by atoms with Gasteiger partial charge in [-0.3, -0.25) is 4.79 Å². The Labute approximate surface area is 185 Å². The number of aryl methyl sites for hydroxylation is 1. The molecule has 3 heterocycles. The zero-order valence-electron chi connectivity index (χ0n) is 17.1. The highest BCUT2D eigenvalue weighted by Gasteiger charge is 2.19. The van der Waals surface area contributed by atoms with Gasteiger partial charge in [-0.2, -0.15) is 4.98 Å². The first-order valence-corrected chi connectivity index (χ1v) is 10.4. The topological polar surface area (TPSA) is 101 Å². The number of hydrogen-bond acceptors (Lipinski definition) is 6. The molecule has 0 saturated carbocycles. The van der Waals surface area contributed by atoms with Crippen LogP contribution in [0.3, 0.4) is 0 Å². The first-order chi connectivity index (χ1) is 15.0. The molecule has 3 N–H and O–H groups in total. The first-order valence-electron chi connectivity index (χ1n) is 10.1. The average Bonchev–Trinajstić information content (AvgIpc) is 3.45. The maximum absolute atomic E-state index is 12.8. The van der Waals surface area contributed by atoms with Crippen molar-refractivity contribution >= 4 is 23.5 Å². The van der Waals surface area contributed by atoms with Crippen molar-refractivity contribution in [3.05, 3.63) is 70.6 Å². The number of carbonyl (C=O) groups is 1. The lowest BCUT2D eigenvalue weighted by Crippen LogP contribution is -2.30. The molecule has 1 fully saturated rings. The molecule has 3 aromatic rings. The summed E-state index contributed by atoms with van der Waals surface area (Å²) in [6.45, 7) is 3.05. The molecular formula is C22H24ClN5O3. The minimum atomic E-state index is -0.556. The fourth-order valence-corrected chi connectivity index (χ4v) is 3.66. The number of aliphatic hydroxyl groups excluding tert-OH is 1. The van der Waals surface area contributed by atoms with Crippen molar-refractivity contribution in [2.45, 2.75) is 25.4 Å². The van der Waals surface area contributed by atoms with Crippen LogP contribution in [-0.4, -0.2) is 51.4 Å². The molecule has 31 heavy (non-hydrogen) atoms. The molecule has 9 heteroatoms. The lowest BCUT2D eigenvalue weighted by Gasteiger charge is -2.16. The van der Waals surface area contributed by atoms with E-state index in [1.54, 1.807) is 47.4 Å². The summed E-state index contributed by atoms with van der Waals surface area (Å²) in [6.07, 6.45) is 6.15. The first kappa shape index (κ1) is 21.3. The summed E-state index contributed by atoms with van der Waals surface area (Å²) in [7, 11) is 0. The van der Waals surface area contributed by atoms with Crippen molar-refractivity contribution < 1.29 is 14.6 Å². The van der Waals surface area contributed by atoms with E-state index in [-0.39, 0.29) is 18.6 Å². The van der Waals surface area contributed by atoms with Crippen LogP contribution >= 0.6 is 11.6 Å². The minimum Gasteiger partial charge on any atom is -0.394 e. The quantitative estimate of drug-likeness (QED) is 0.521. The molecule has 0 radical (unpaired) electrons. The standard InChI is InChI=1S/C22H24ClN5O3/c1-14-10-24-22(25-18-6-8-31-13-18)27-20(14)28-7-5-16(11-28)21(30)26-19(12-29)15-3-2-4-17(23)9-15/h2-5,7,9-11,18-19,29H,6,8,12-13H2,1H3,(H,26,30)(H,24,25,27)/t18?,19-/m1/s1. The SMILES string of the molecule is Cc1cnc(NC2CCOC2)nc1-n1ccc(C(=O)N[C@H](CO)c2cccc(Cl)c2)c1. The Hall–Kier alpha value is -2.94. The van der Waals surface area contributed by atoms with Crippen LogP contribution in [0.5, 0.6) is 0 Å². The summed E-state index contributed by atoms with van der Waals surface area (Å²) in [5, 5.41) is 16.4. The molecule has 1 saturated heterocycles. The van der Waals surface area contributed by atoms with Crippen molar-refractivity contribution in [2.24, 2.45) is 0 Å². The molecule has 1 aliphatic rings. The van der Waals surface area contributed by atoms with Gasteiger partial charge in [-0.05, 0) is 37.1 Å². The van der Waals surface area contributed by atoms with Crippen LogP contribution in [0, 0.1) is 6.92 Å². The average molecular weight is 442 g/mol. The highest BCUT2D eigenvalue weighted by molar-refractivity contribution is 6.30. The Bertz CT molecular complexity index is 1060. The molecule has 0 aliphatic carbocycles. The Kier molecular flexibility index (Phi) is 6.50. The maximum atomic E-state index is 12.8. The predicted octanol–water partition coefficient (Wildman–Crippen LogP) is 2.89. The molecule has 8 nitrogen and oxygen atoms in total. The third-order valence-electron chi connectivity index (χ3n) is 5.15. The van der Waals surface area contributed by atoms with E-state index in [1.165, 1.54) is 0 Å². The van der Waals surface area contributed by atoms with E-state index in [4.69, 9.17) is 16.3 Å².